The minimum Gasteiger partial charge on any atom is -0.379 e. The highest BCUT2D eigenvalue weighted by Gasteiger charge is 1.93. The summed E-state index contributed by atoms with van der Waals surface area (Å²) >= 11 is 2.71. The molecule has 0 fully saturated rings. The molecule has 0 aromatic heterocycles. The molecule has 0 aliphatic rings. The first-order chi connectivity index (χ1) is 5.63. The Morgan fingerprint density at radius 3 is 1.36 bits per heavy atom. The Morgan fingerprint density at radius 2 is 1.14 bits per heavy atom. The molecule has 0 saturated carbocycles. The summed E-state index contributed by atoms with van der Waals surface area (Å²) in [6.07, 6.45) is 2.04. The molecule has 0 aliphatic carbocycles. The Balaban J connectivity index is -0.000000605. The average Bonchev–Trinajstić information content (AvgIpc) is 1.95. The second kappa shape index (κ2) is 13.2. The van der Waals surface area contributed by atoms with Gasteiger partial charge >= 0.3 is 0 Å². The third-order valence-corrected chi connectivity index (χ3v) is 2.66. The molecular weight excluding hydrogens is 263 g/mol. The first kappa shape index (κ1) is 19.7. The number of unbranched alkanes of at least 4 members (excludes halogenated alkanes) is 1. The second-order valence-corrected chi connectivity index (χ2v) is 4.41. The molecule has 0 aromatic rings. The zero-order chi connectivity index (χ0) is 9.40. The van der Waals surface area contributed by atoms with Gasteiger partial charge in [0.05, 0.1) is 0 Å². The maximum Gasteiger partial charge on any atom is 0.151 e. The lowest BCUT2D eigenvalue weighted by Crippen LogP contribution is -2.06. The van der Waals surface area contributed by atoms with Gasteiger partial charge in [-0.25, -0.2) is 0 Å². The zero-order valence-corrected chi connectivity index (χ0v) is 10.9. The van der Waals surface area contributed by atoms with Gasteiger partial charge in [0.25, 0.3) is 0 Å². The number of nitrogens with one attached hydrogen (secondary N) is 2. The molecule has 0 bridgehead atoms. The van der Waals surface area contributed by atoms with Gasteiger partial charge in [-0.2, -0.15) is 0 Å². The maximum absolute atomic E-state index is 6.92. The molecule has 0 rings (SSSR count). The Hall–Kier alpha value is 0.220. The third kappa shape index (κ3) is 18.1. The van der Waals surface area contributed by atoms with Crippen LogP contribution < -0.4 is 11.5 Å². The highest BCUT2D eigenvalue weighted by atomic mass is 35.5. The van der Waals surface area contributed by atoms with E-state index >= 15 is 0 Å². The minimum atomic E-state index is 0. The van der Waals surface area contributed by atoms with E-state index in [-0.39, 0.29) is 35.1 Å². The number of rotatable bonds is 5. The van der Waals surface area contributed by atoms with E-state index in [1.807, 2.05) is 0 Å². The number of hydrogen-bond donors (Lipinski definition) is 4. The topological polar surface area (TPSA) is 99.7 Å². The molecule has 0 saturated heterocycles. The van der Waals surface area contributed by atoms with Crippen LogP contribution in [0.3, 0.4) is 0 Å². The summed E-state index contributed by atoms with van der Waals surface area (Å²) in [4.78, 5) is 0. The monoisotopic (exact) mass is 278 g/mol. The van der Waals surface area contributed by atoms with Crippen molar-refractivity contribution >= 4 is 58.7 Å². The summed E-state index contributed by atoms with van der Waals surface area (Å²) in [7, 11) is 0. The average molecular weight is 279 g/mol. The van der Waals surface area contributed by atoms with Crippen LogP contribution in [0, 0.1) is 10.8 Å². The van der Waals surface area contributed by atoms with Gasteiger partial charge in [0, 0.05) is 11.5 Å². The van der Waals surface area contributed by atoms with Crippen molar-refractivity contribution in [3.63, 3.8) is 0 Å². The van der Waals surface area contributed by atoms with Gasteiger partial charge in [-0.3, -0.25) is 10.8 Å². The summed E-state index contributed by atoms with van der Waals surface area (Å²) < 4.78 is 0. The molecule has 0 aromatic carbocycles. The Bertz CT molecular complexity index is 150. The van der Waals surface area contributed by atoms with E-state index in [0.717, 1.165) is 24.3 Å². The van der Waals surface area contributed by atoms with Gasteiger partial charge in [-0.1, -0.05) is 23.5 Å². The van der Waals surface area contributed by atoms with Crippen molar-refractivity contribution in [1.82, 2.24) is 0 Å². The van der Waals surface area contributed by atoms with Crippen molar-refractivity contribution in [3.05, 3.63) is 0 Å². The lowest BCUT2D eigenvalue weighted by Gasteiger charge is -1.99. The van der Waals surface area contributed by atoms with Crippen LogP contribution in [-0.4, -0.2) is 21.8 Å². The van der Waals surface area contributed by atoms with Crippen LogP contribution >= 0.6 is 48.3 Å². The molecule has 0 atom stereocenters. The molecule has 86 valence electrons. The van der Waals surface area contributed by atoms with Gasteiger partial charge in [0.2, 0.25) is 0 Å². The Morgan fingerprint density at radius 1 is 0.857 bits per heavy atom. The van der Waals surface area contributed by atoms with Crippen LogP contribution in [0.25, 0.3) is 0 Å². The largest absolute Gasteiger partial charge is 0.379 e. The van der Waals surface area contributed by atoms with Gasteiger partial charge < -0.3 is 11.5 Å². The zero-order valence-electron chi connectivity index (χ0n) is 7.62. The van der Waals surface area contributed by atoms with Crippen molar-refractivity contribution in [2.45, 2.75) is 12.8 Å². The van der Waals surface area contributed by atoms with Crippen molar-refractivity contribution < 1.29 is 0 Å². The van der Waals surface area contributed by atoms with Crippen LogP contribution in [-0.2, 0) is 0 Å². The van der Waals surface area contributed by atoms with Crippen molar-refractivity contribution in [2.24, 2.45) is 11.5 Å². The number of halogens is 2. The molecule has 0 aliphatic heterocycles. The minimum absolute atomic E-state index is 0. The Labute approximate surface area is 105 Å². The molecule has 8 heteroatoms. The smallest absolute Gasteiger partial charge is 0.151 e. The molecule has 0 amide bonds. The van der Waals surface area contributed by atoms with E-state index in [1.54, 1.807) is 0 Å². The second-order valence-electron chi connectivity index (χ2n) is 2.13. The van der Waals surface area contributed by atoms with E-state index in [9.17, 15) is 0 Å². The molecule has 0 spiro atoms. The van der Waals surface area contributed by atoms with Crippen molar-refractivity contribution in [3.8, 4) is 0 Å². The summed E-state index contributed by atoms with van der Waals surface area (Å²) in [5.74, 6) is 1.77. The van der Waals surface area contributed by atoms with E-state index in [0.29, 0.717) is 0 Å². The lowest BCUT2D eigenvalue weighted by atomic mass is 10.4. The van der Waals surface area contributed by atoms with E-state index < -0.39 is 0 Å². The molecule has 0 unspecified atom stereocenters. The van der Waals surface area contributed by atoms with Gasteiger partial charge in [-0.15, -0.1) is 24.8 Å². The fourth-order valence-electron chi connectivity index (χ4n) is 0.568. The standard InChI is InChI=1S/C6H14N4S2.2ClH/c7-5(8)11-3-1-2-4-12-6(9)10;;/h1-4H2,(H3,7,8)(H3,9,10);2*1H. The van der Waals surface area contributed by atoms with Gasteiger partial charge in [0.15, 0.2) is 10.3 Å². The SMILES string of the molecule is Cl.Cl.N=C(N)SCCCCSC(=N)N. The van der Waals surface area contributed by atoms with E-state index in [4.69, 9.17) is 22.3 Å². The number of hydrogen-bond acceptors (Lipinski definition) is 4. The lowest BCUT2D eigenvalue weighted by molar-refractivity contribution is 0.910. The molecule has 14 heavy (non-hydrogen) atoms. The first-order valence-corrected chi connectivity index (χ1v) is 5.53. The third-order valence-electron chi connectivity index (χ3n) is 1.05. The summed E-state index contributed by atoms with van der Waals surface area (Å²) in [6.45, 7) is 0. The molecule has 0 heterocycles. The fraction of sp³-hybridized carbons (Fsp3) is 0.667. The van der Waals surface area contributed by atoms with Gasteiger partial charge in [0.1, 0.15) is 0 Å². The van der Waals surface area contributed by atoms with E-state index in [2.05, 4.69) is 0 Å². The number of nitrogens with two attached hydrogens (primary N) is 2. The Kier molecular flexibility index (Phi) is 18.6. The van der Waals surface area contributed by atoms with Gasteiger partial charge in [-0.05, 0) is 12.8 Å². The predicted molar refractivity (Wildman–Crippen MR) is 72.5 cm³/mol. The molecule has 4 nitrogen and oxygen atoms in total. The molecule has 6 N–H and O–H groups in total. The van der Waals surface area contributed by atoms with Crippen LogP contribution in [0.2, 0.25) is 0 Å². The maximum atomic E-state index is 6.92. The molecular formula is C6H16Cl2N4S2. The van der Waals surface area contributed by atoms with Crippen LogP contribution in [0.4, 0.5) is 0 Å². The normalized spacial score (nSPS) is 8.29. The van der Waals surface area contributed by atoms with Crippen LogP contribution in [0.15, 0.2) is 0 Å². The fourth-order valence-corrected chi connectivity index (χ4v) is 1.71. The summed E-state index contributed by atoms with van der Waals surface area (Å²) in [5.41, 5.74) is 10.3. The summed E-state index contributed by atoms with van der Waals surface area (Å²) in [5, 5.41) is 14.2. The summed E-state index contributed by atoms with van der Waals surface area (Å²) in [6, 6.07) is 0. The van der Waals surface area contributed by atoms with Crippen molar-refractivity contribution in [2.75, 3.05) is 11.5 Å². The quantitative estimate of drug-likeness (QED) is 0.350. The first-order valence-electron chi connectivity index (χ1n) is 3.56. The van der Waals surface area contributed by atoms with Crippen molar-refractivity contribution in [1.29, 1.82) is 10.8 Å². The van der Waals surface area contributed by atoms with Crippen LogP contribution in [0.1, 0.15) is 12.8 Å². The van der Waals surface area contributed by atoms with E-state index in [1.165, 1.54) is 23.5 Å². The van der Waals surface area contributed by atoms with Crippen LogP contribution in [0.5, 0.6) is 0 Å². The number of amidine groups is 2. The highest BCUT2D eigenvalue weighted by molar-refractivity contribution is 8.14. The molecule has 0 radical (unpaired) electrons. The predicted octanol–water partition coefficient (Wildman–Crippen LogP) is 1.86. The number of thioether (sulfide) groups is 2. The highest BCUT2D eigenvalue weighted by Crippen LogP contribution is 2.07.